The van der Waals surface area contributed by atoms with E-state index in [0.717, 1.165) is 0 Å². The molecule has 0 radical (unpaired) electrons. The van der Waals surface area contributed by atoms with Crippen molar-refractivity contribution >= 4 is 11.8 Å². The molecule has 2 unspecified atom stereocenters. The maximum atomic E-state index is 6.05. The first-order valence-electron chi connectivity index (χ1n) is 4.78. The lowest BCUT2D eigenvalue weighted by Gasteiger charge is -2.18. The first kappa shape index (κ1) is 11.6. The van der Waals surface area contributed by atoms with Crippen LogP contribution in [0.1, 0.15) is 18.5 Å². The van der Waals surface area contributed by atoms with Crippen molar-refractivity contribution in [2.75, 3.05) is 12.8 Å². The molecular formula is C11H18N2S. The van der Waals surface area contributed by atoms with Crippen LogP contribution in [0.4, 0.5) is 0 Å². The Morgan fingerprint density at radius 1 is 1.29 bits per heavy atom. The van der Waals surface area contributed by atoms with E-state index in [1.807, 2.05) is 0 Å². The molecule has 0 aromatic heterocycles. The lowest BCUT2D eigenvalue weighted by atomic mass is 9.96. The van der Waals surface area contributed by atoms with Gasteiger partial charge in [-0.05, 0) is 36.4 Å². The third-order valence-corrected chi connectivity index (χ3v) is 3.23. The van der Waals surface area contributed by atoms with Crippen LogP contribution in [0, 0.1) is 5.92 Å². The van der Waals surface area contributed by atoms with Crippen molar-refractivity contribution in [2.24, 2.45) is 17.4 Å². The normalized spacial score (nSPS) is 15.1. The quantitative estimate of drug-likeness (QED) is 0.747. The Morgan fingerprint density at radius 2 is 1.86 bits per heavy atom. The van der Waals surface area contributed by atoms with E-state index in [4.69, 9.17) is 11.5 Å². The molecule has 1 aromatic carbocycles. The number of nitrogens with two attached hydrogens (primary N) is 2. The van der Waals surface area contributed by atoms with Crippen molar-refractivity contribution in [3.63, 3.8) is 0 Å². The highest BCUT2D eigenvalue weighted by Gasteiger charge is 2.12. The third kappa shape index (κ3) is 2.74. The van der Waals surface area contributed by atoms with Crippen LogP contribution in [-0.4, -0.2) is 12.8 Å². The maximum Gasteiger partial charge on any atom is 0.0332 e. The summed E-state index contributed by atoms with van der Waals surface area (Å²) in [4.78, 5) is 1.27. The zero-order chi connectivity index (χ0) is 10.6. The predicted molar refractivity (Wildman–Crippen MR) is 63.4 cm³/mol. The Labute approximate surface area is 90.1 Å². The van der Waals surface area contributed by atoms with Crippen molar-refractivity contribution < 1.29 is 0 Å². The zero-order valence-corrected chi connectivity index (χ0v) is 9.55. The van der Waals surface area contributed by atoms with E-state index in [-0.39, 0.29) is 6.04 Å². The molecule has 1 aromatic rings. The second-order valence-corrected chi connectivity index (χ2v) is 4.39. The average molecular weight is 210 g/mol. The summed E-state index contributed by atoms with van der Waals surface area (Å²) >= 11 is 1.74. The van der Waals surface area contributed by atoms with E-state index in [0.29, 0.717) is 12.5 Å². The van der Waals surface area contributed by atoms with Gasteiger partial charge in [-0.25, -0.2) is 0 Å². The Kier molecular flexibility index (Phi) is 4.45. The van der Waals surface area contributed by atoms with Crippen molar-refractivity contribution in [3.8, 4) is 0 Å². The van der Waals surface area contributed by atoms with Gasteiger partial charge >= 0.3 is 0 Å². The van der Waals surface area contributed by atoms with Crippen molar-refractivity contribution in [1.29, 1.82) is 0 Å². The Hall–Kier alpha value is -0.510. The second kappa shape index (κ2) is 5.39. The van der Waals surface area contributed by atoms with Crippen LogP contribution >= 0.6 is 11.8 Å². The molecule has 0 saturated heterocycles. The average Bonchev–Trinajstić information content (AvgIpc) is 2.27. The summed E-state index contributed by atoms with van der Waals surface area (Å²) in [5.41, 5.74) is 12.8. The van der Waals surface area contributed by atoms with Gasteiger partial charge in [0.1, 0.15) is 0 Å². The number of rotatable bonds is 4. The van der Waals surface area contributed by atoms with Gasteiger partial charge in [0.15, 0.2) is 0 Å². The summed E-state index contributed by atoms with van der Waals surface area (Å²) in [5, 5.41) is 0. The van der Waals surface area contributed by atoms with Crippen LogP contribution in [0.25, 0.3) is 0 Å². The Morgan fingerprint density at radius 3 is 2.29 bits per heavy atom. The van der Waals surface area contributed by atoms with E-state index < -0.39 is 0 Å². The minimum Gasteiger partial charge on any atom is -0.330 e. The molecule has 0 aliphatic rings. The maximum absolute atomic E-state index is 6.05. The van der Waals surface area contributed by atoms with E-state index in [1.165, 1.54) is 10.5 Å². The number of thioether (sulfide) groups is 1. The van der Waals surface area contributed by atoms with Crippen LogP contribution in [0.5, 0.6) is 0 Å². The van der Waals surface area contributed by atoms with Gasteiger partial charge in [0.2, 0.25) is 0 Å². The molecule has 0 amide bonds. The van der Waals surface area contributed by atoms with Crippen molar-refractivity contribution in [3.05, 3.63) is 29.8 Å². The fourth-order valence-electron chi connectivity index (χ4n) is 1.30. The van der Waals surface area contributed by atoms with Gasteiger partial charge in [0.05, 0.1) is 0 Å². The Balaban J connectivity index is 2.75. The molecule has 2 atom stereocenters. The number of hydrogen-bond acceptors (Lipinski definition) is 3. The molecule has 0 saturated carbocycles. The minimum atomic E-state index is 0.0518. The van der Waals surface area contributed by atoms with Gasteiger partial charge in [-0.1, -0.05) is 19.1 Å². The summed E-state index contributed by atoms with van der Waals surface area (Å²) < 4.78 is 0. The highest BCUT2D eigenvalue weighted by Crippen LogP contribution is 2.21. The molecule has 0 aliphatic carbocycles. The van der Waals surface area contributed by atoms with Crippen molar-refractivity contribution in [1.82, 2.24) is 0 Å². The SMILES string of the molecule is CSc1ccc(C(N)C(C)CN)cc1. The molecule has 0 bridgehead atoms. The minimum absolute atomic E-state index is 0.0518. The number of benzene rings is 1. The standard InChI is InChI=1S/C11H18N2S/c1-8(7-12)11(13)9-3-5-10(14-2)6-4-9/h3-6,8,11H,7,12-13H2,1-2H3. The second-order valence-electron chi connectivity index (χ2n) is 3.51. The Bertz CT molecular complexity index is 271. The number of hydrogen-bond donors (Lipinski definition) is 2. The lowest BCUT2D eigenvalue weighted by Crippen LogP contribution is -2.25. The lowest BCUT2D eigenvalue weighted by molar-refractivity contribution is 0.481. The molecule has 3 heteroatoms. The van der Waals surface area contributed by atoms with Crippen molar-refractivity contribution in [2.45, 2.75) is 17.9 Å². The summed E-state index contributed by atoms with van der Waals surface area (Å²) in [5.74, 6) is 0.329. The molecule has 0 aliphatic heterocycles. The van der Waals surface area contributed by atoms with Gasteiger partial charge in [-0.2, -0.15) is 0 Å². The van der Waals surface area contributed by atoms with Crippen LogP contribution < -0.4 is 11.5 Å². The molecular weight excluding hydrogens is 192 g/mol. The first-order valence-corrected chi connectivity index (χ1v) is 6.01. The fraction of sp³-hybridized carbons (Fsp3) is 0.455. The monoisotopic (exact) mass is 210 g/mol. The highest BCUT2D eigenvalue weighted by molar-refractivity contribution is 7.98. The van der Waals surface area contributed by atoms with Gasteiger partial charge in [0, 0.05) is 10.9 Å². The largest absolute Gasteiger partial charge is 0.330 e. The van der Waals surface area contributed by atoms with E-state index in [9.17, 15) is 0 Å². The van der Waals surface area contributed by atoms with Crippen LogP contribution in [0.15, 0.2) is 29.2 Å². The van der Waals surface area contributed by atoms with Gasteiger partial charge < -0.3 is 11.5 Å². The van der Waals surface area contributed by atoms with E-state index in [1.54, 1.807) is 11.8 Å². The highest BCUT2D eigenvalue weighted by atomic mass is 32.2. The van der Waals surface area contributed by atoms with Gasteiger partial charge in [-0.15, -0.1) is 11.8 Å². The topological polar surface area (TPSA) is 52.0 Å². The molecule has 4 N–H and O–H groups in total. The first-order chi connectivity index (χ1) is 6.69. The smallest absolute Gasteiger partial charge is 0.0332 e. The molecule has 0 heterocycles. The van der Waals surface area contributed by atoms with E-state index >= 15 is 0 Å². The van der Waals surface area contributed by atoms with Crippen LogP contribution in [0.3, 0.4) is 0 Å². The summed E-state index contributed by atoms with van der Waals surface area (Å²) in [6.07, 6.45) is 2.07. The van der Waals surface area contributed by atoms with Gasteiger partial charge in [0.25, 0.3) is 0 Å². The summed E-state index contributed by atoms with van der Waals surface area (Å²) in [7, 11) is 0. The van der Waals surface area contributed by atoms with E-state index in [2.05, 4.69) is 37.4 Å². The summed E-state index contributed by atoms with van der Waals surface area (Å²) in [6, 6.07) is 8.42. The zero-order valence-electron chi connectivity index (χ0n) is 8.73. The molecule has 0 fully saturated rings. The summed E-state index contributed by atoms with van der Waals surface area (Å²) in [6.45, 7) is 2.71. The molecule has 14 heavy (non-hydrogen) atoms. The van der Waals surface area contributed by atoms with Crippen LogP contribution in [-0.2, 0) is 0 Å². The third-order valence-electron chi connectivity index (χ3n) is 2.49. The fourth-order valence-corrected chi connectivity index (χ4v) is 1.71. The predicted octanol–water partition coefficient (Wildman–Crippen LogP) is 2.00. The van der Waals surface area contributed by atoms with Gasteiger partial charge in [-0.3, -0.25) is 0 Å². The molecule has 0 spiro atoms. The van der Waals surface area contributed by atoms with Crippen LogP contribution in [0.2, 0.25) is 0 Å². The molecule has 1 rings (SSSR count). The molecule has 78 valence electrons. The molecule has 2 nitrogen and oxygen atoms in total.